The molecule has 0 heterocycles. The van der Waals surface area contributed by atoms with Crippen molar-refractivity contribution in [3.05, 3.63) is 64.7 Å². The molecule has 29 heavy (non-hydrogen) atoms. The summed E-state index contributed by atoms with van der Waals surface area (Å²) in [6.07, 6.45) is 3.09. The average molecular weight is 414 g/mol. The van der Waals surface area contributed by atoms with Gasteiger partial charge in [0.25, 0.3) is 0 Å². The largest absolute Gasteiger partial charge is 0.330 e. The number of nitrogens with one attached hydrogen (secondary N) is 2. The van der Waals surface area contributed by atoms with Crippen LogP contribution in [0.15, 0.2) is 48.5 Å². The predicted octanol–water partition coefficient (Wildman–Crippen LogP) is 4.11. The highest BCUT2D eigenvalue weighted by Gasteiger charge is 2.14. The molecule has 3 amide bonds. The van der Waals surface area contributed by atoms with E-state index in [1.165, 1.54) is 17.9 Å². The summed E-state index contributed by atoms with van der Waals surface area (Å²) < 4.78 is 0. The van der Waals surface area contributed by atoms with Crippen molar-refractivity contribution in [1.82, 2.24) is 4.90 Å². The maximum Gasteiger partial charge on any atom is 0.247 e. The summed E-state index contributed by atoms with van der Waals surface area (Å²) in [5.41, 5.74) is 3.01. The van der Waals surface area contributed by atoms with Gasteiger partial charge in [0.2, 0.25) is 17.7 Å². The molecular weight excluding hydrogens is 390 g/mol. The number of benzene rings is 2. The van der Waals surface area contributed by atoms with Crippen LogP contribution in [0.25, 0.3) is 6.08 Å². The van der Waals surface area contributed by atoms with Gasteiger partial charge in [-0.05, 0) is 55.3 Å². The van der Waals surface area contributed by atoms with Crippen LogP contribution in [-0.2, 0) is 14.4 Å². The van der Waals surface area contributed by atoms with Gasteiger partial charge in [-0.15, -0.1) is 0 Å². The number of carbonyl (C=O) groups excluding carboxylic acids is 3. The van der Waals surface area contributed by atoms with Gasteiger partial charge in [-0.1, -0.05) is 29.8 Å². The summed E-state index contributed by atoms with van der Waals surface area (Å²) in [4.78, 5) is 37.3. The van der Waals surface area contributed by atoms with Gasteiger partial charge in [-0.3, -0.25) is 14.4 Å². The number of anilines is 2. The second-order valence-electron chi connectivity index (χ2n) is 6.50. The Morgan fingerprint density at radius 1 is 1.07 bits per heavy atom. The fourth-order valence-corrected chi connectivity index (χ4v) is 2.76. The van der Waals surface area contributed by atoms with Gasteiger partial charge in [0.1, 0.15) is 6.54 Å². The van der Waals surface area contributed by atoms with E-state index in [1.807, 2.05) is 19.9 Å². The minimum absolute atomic E-state index is 0.0624. The van der Waals surface area contributed by atoms with Crippen molar-refractivity contribution in [1.29, 1.82) is 0 Å². The van der Waals surface area contributed by atoms with E-state index in [-0.39, 0.29) is 24.3 Å². The Kier molecular flexibility index (Phi) is 7.98. The highest BCUT2D eigenvalue weighted by atomic mass is 35.5. The Balaban J connectivity index is 1.97. The van der Waals surface area contributed by atoms with E-state index in [9.17, 15) is 14.4 Å². The van der Waals surface area contributed by atoms with E-state index in [2.05, 4.69) is 10.6 Å². The average Bonchev–Trinajstić information content (AvgIpc) is 2.67. The smallest absolute Gasteiger partial charge is 0.247 e. The van der Waals surface area contributed by atoms with Crippen LogP contribution in [0.5, 0.6) is 0 Å². The van der Waals surface area contributed by atoms with E-state index in [0.717, 1.165) is 11.1 Å². The Labute approximate surface area is 175 Å². The normalized spacial score (nSPS) is 10.6. The van der Waals surface area contributed by atoms with Gasteiger partial charge < -0.3 is 15.5 Å². The number of hydrogen-bond acceptors (Lipinski definition) is 3. The Hall–Kier alpha value is -3.12. The van der Waals surface area contributed by atoms with Crippen LogP contribution < -0.4 is 10.6 Å². The molecule has 7 heteroatoms. The van der Waals surface area contributed by atoms with Crippen molar-refractivity contribution >= 4 is 46.8 Å². The molecule has 152 valence electrons. The van der Waals surface area contributed by atoms with E-state index in [0.29, 0.717) is 22.9 Å². The Morgan fingerprint density at radius 3 is 2.38 bits per heavy atom. The maximum absolute atomic E-state index is 12.5. The molecule has 0 bridgehead atoms. The van der Waals surface area contributed by atoms with Crippen LogP contribution in [0.3, 0.4) is 0 Å². The van der Waals surface area contributed by atoms with Crippen LogP contribution in [0.1, 0.15) is 25.0 Å². The first-order valence-electron chi connectivity index (χ1n) is 9.19. The third-order valence-corrected chi connectivity index (χ3v) is 4.39. The summed E-state index contributed by atoms with van der Waals surface area (Å²) in [6, 6.07) is 12.3. The first-order valence-corrected chi connectivity index (χ1v) is 9.57. The van der Waals surface area contributed by atoms with Gasteiger partial charge in [0, 0.05) is 35.9 Å². The Morgan fingerprint density at radius 2 is 1.76 bits per heavy atom. The van der Waals surface area contributed by atoms with Gasteiger partial charge >= 0.3 is 0 Å². The second kappa shape index (κ2) is 10.4. The third kappa shape index (κ3) is 7.08. The summed E-state index contributed by atoms with van der Waals surface area (Å²) in [5.74, 6) is -0.705. The maximum atomic E-state index is 12.5. The molecule has 0 aliphatic rings. The quantitative estimate of drug-likeness (QED) is 0.670. The van der Waals surface area contributed by atoms with Crippen molar-refractivity contribution in [2.75, 3.05) is 23.7 Å². The van der Waals surface area contributed by atoms with Crippen molar-refractivity contribution in [2.45, 2.75) is 20.8 Å². The first-order chi connectivity index (χ1) is 13.8. The summed E-state index contributed by atoms with van der Waals surface area (Å²) in [6.45, 7) is 5.45. The van der Waals surface area contributed by atoms with E-state index in [4.69, 9.17) is 11.6 Å². The number of aryl methyl sites for hydroxylation is 1. The van der Waals surface area contributed by atoms with Crippen LogP contribution in [0.2, 0.25) is 5.02 Å². The zero-order chi connectivity index (χ0) is 21.4. The van der Waals surface area contributed by atoms with Crippen molar-refractivity contribution in [3.63, 3.8) is 0 Å². The van der Waals surface area contributed by atoms with E-state index in [1.54, 1.807) is 42.5 Å². The Bertz CT molecular complexity index is 923. The zero-order valence-corrected chi connectivity index (χ0v) is 17.4. The van der Waals surface area contributed by atoms with Gasteiger partial charge in [0.05, 0.1) is 0 Å². The van der Waals surface area contributed by atoms with Crippen molar-refractivity contribution in [2.24, 2.45) is 0 Å². The molecule has 0 unspecified atom stereocenters. The minimum atomic E-state index is -0.293. The van der Waals surface area contributed by atoms with E-state index >= 15 is 0 Å². The first kappa shape index (κ1) is 22.2. The lowest BCUT2D eigenvalue weighted by Crippen LogP contribution is -2.37. The third-order valence-electron chi connectivity index (χ3n) is 4.15. The van der Waals surface area contributed by atoms with Crippen LogP contribution in [0.4, 0.5) is 11.4 Å². The number of likely N-dealkylation sites (N-methyl/N-ethyl adjacent to an activating group) is 1. The molecule has 2 N–H and O–H groups in total. The highest BCUT2D eigenvalue weighted by molar-refractivity contribution is 6.31. The van der Waals surface area contributed by atoms with Crippen LogP contribution in [0, 0.1) is 6.92 Å². The van der Waals surface area contributed by atoms with Gasteiger partial charge in [0.15, 0.2) is 0 Å². The molecule has 0 radical (unpaired) electrons. The molecule has 0 aliphatic heterocycles. The lowest BCUT2D eigenvalue weighted by atomic mass is 10.2. The highest BCUT2D eigenvalue weighted by Crippen LogP contribution is 2.20. The molecule has 6 nitrogen and oxygen atoms in total. The predicted molar refractivity (Wildman–Crippen MR) is 117 cm³/mol. The molecule has 2 aromatic rings. The molecule has 2 aromatic carbocycles. The topological polar surface area (TPSA) is 78.5 Å². The number of nitrogens with zero attached hydrogens (tertiary/aromatic N) is 1. The van der Waals surface area contributed by atoms with Gasteiger partial charge in [-0.25, -0.2) is 0 Å². The lowest BCUT2D eigenvalue weighted by molar-refractivity contribution is -0.130. The number of carbonyl (C=O) groups is 3. The van der Waals surface area contributed by atoms with E-state index < -0.39 is 0 Å². The molecule has 0 atom stereocenters. The van der Waals surface area contributed by atoms with Gasteiger partial charge in [-0.2, -0.15) is 0 Å². The second-order valence-corrected chi connectivity index (χ2v) is 6.93. The molecule has 0 aliphatic carbocycles. The molecule has 2 rings (SSSR count). The SMILES string of the molecule is CCN(CC(=O)Nc1cc(Cl)ccc1C)C(=O)/C=C/c1ccc(NC(C)=O)cc1. The number of amides is 3. The van der Waals surface area contributed by atoms with Crippen molar-refractivity contribution in [3.8, 4) is 0 Å². The number of hydrogen-bond donors (Lipinski definition) is 2. The van der Waals surface area contributed by atoms with Crippen molar-refractivity contribution < 1.29 is 14.4 Å². The minimum Gasteiger partial charge on any atom is -0.330 e. The molecule has 0 aromatic heterocycles. The number of rotatable bonds is 7. The summed E-state index contributed by atoms with van der Waals surface area (Å²) in [7, 11) is 0. The molecular formula is C22H24ClN3O3. The summed E-state index contributed by atoms with van der Waals surface area (Å²) >= 11 is 5.97. The van der Waals surface area contributed by atoms with Crippen LogP contribution >= 0.6 is 11.6 Å². The summed E-state index contributed by atoms with van der Waals surface area (Å²) in [5, 5.41) is 6.00. The monoisotopic (exact) mass is 413 g/mol. The molecule has 0 saturated carbocycles. The zero-order valence-electron chi connectivity index (χ0n) is 16.7. The van der Waals surface area contributed by atoms with Crippen LogP contribution in [-0.4, -0.2) is 35.7 Å². The fraction of sp³-hybridized carbons (Fsp3) is 0.227. The lowest BCUT2D eigenvalue weighted by Gasteiger charge is -2.19. The molecule has 0 saturated heterocycles. The molecule has 0 spiro atoms. The molecule has 0 fully saturated rings. The fourth-order valence-electron chi connectivity index (χ4n) is 2.59. The number of halogens is 1. The standard InChI is InChI=1S/C22H24ClN3O3/c1-4-26(14-21(28)25-20-13-18(23)9-5-15(20)2)22(29)12-8-17-6-10-19(11-7-17)24-16(3)27/h5-13H,4,14H2,1-3H3,(H,24,27)(H,25,28)/b12-8+.